The molecule has 194 valence electrons. The first-order chi connectivity index (χ1) is 18.3. The standard InChI is InChI=1S/C30H28ClFN4O2/c1-5-25(37)35-14-15-36(19(3)17-35)29-22-16-23(31)27(21-12-8-9-13-24(21)32)33-28(22)26(30(34-29)38-4)20-11-7-6-10-18(20)2/h5-13,16,19H,1,14-15,17H2,2-4H3. The molecule has 1 amide bonds. The Kier molecular flexibility index (Phi) is 7.04. The Bertz CT molecular complexity index is 1560. The Hall–Kier alpha value is -3.97. The second-order valence-corrected chi connectivity index (χ2v) is 9.77. The van der Waals surface area contributed by atoms with E-state index in [1.165, 1.54) is 12.1 Å². The second kappa shape index (κ2) is 10.4. The number of carbonyl (C=O) groups is 1. The minimum absolute atomic E-state index is 0.0395. The van der Waals surface area contributed by atoms with Crippen LogP contribution >= 0.6 is 11.6 Å². The first-order valence-electron chi connectivity index (χ1n) is 12.4. The molecular formula is C30H28ClFN4O2. The van der Waals surface area contributed by atoms with Gasteiger partial charge in [-0.05, 0) is 49.2 Å². The van der Waals surface area contributed by atoms with Crippen LogP contribution in [-0.2, 0) is 4.79 Å². The van der Waals surface area contributed by atoms with E-state index in [4.69, 9.17) is 26.3 Å². The Labute approximate surface area is 226 Å². The lowest BCUT2D eigenvalue weighted by Gasteiger charge is -2.40. The third-order valence-corrected chi connectivity index (χ3v) is 7.29. The minimum Gasteiger partial charge on any atom is -0.480 e. The summed E-state index contributed by atoms with van der Waals surface area (Å²) >= 11 is 6.77. The third kappa shape index (κ3) is 4.47. The SMILES string of the molecule is C=CC(=O)N1CCN(c2nc(OC)c(-c3ccccc3C)c3nc(-c4ccccc4F)c(Cl)cc23)C(C)C1. The predicted molar refractivity (Wildman–Crippen MR) is 150 cm³/mol. The fraction of sp³-hybridized carbons (Fsp3) is 0.233. The van der Waals surface area contributed by atoms with Crippen LogP contribution in [0.2, 0.25) is 5.02 Å². The van der Waals surface area contributed by atoms with Crippen LogP contribution in [0.5, 0.6) is 5.88 Å². The average molecular weight is 531 g/mol. The number of hydrogen-bond acceptors (Lipinski definition) is 5. The highest BCUT2D eigenvalue weighted by Gasteiger charge is 2.30. The molecule has 0 aliphatic carbocycles. The van der Waals surface area contributed by atoms with Crippen molar-refractivity contribution < 1.29 is 13.9 Å². The summed E-state index contributed by atoms with van der Waals surface area (Å²) in [6.45, 7) is 9.27. The van der Waals surface area contributed by atoms with Gasteiger partial charge in [-0.1, -0.05) is 54.6 Å². The highest BCUT2D eigenvalue weighted by atomic mass is 35.5. The van der Waals surface area contributed by atoms with Crippen LogP contribution in [0.25, 0.3) is 33.3 Å². The van der Waals surface area contributed by atoms with Crippen molar-refractivity contribution in [1.82, 2.24) is 14.9 Å². The number of benzene rings is 2. The van der Waals surface area contributed by atoms with Gasteiger partial charge < -0.3 is 14.5 Å². The Morgan fingerprint density at radius 2 is 1.84 bits per heavy atom. The number of rotatable bonds is 5. The third-order valence-electron chi connectivity index (χ3n) is 7.00. The fourth-order valence-electron chi connectivity index (χ4n) is 5.07. The van der Waals surface area contributed by atoms with Crippen LogP contribution in [0.4, 0.5) is 10.2 Å². The van der Waals surface area contributed by atoms with Crippen molar-refractivity contribution in [3.63, 3.8) is 0 Å². The number of anilines is 1. The van der Waals surface area contributed by atoms with Gasteiger partial charge in [-0.3, -0.25) is 4.79 Å². The molecule has 0 N–H and O–H groups in total. The van der Waals surface area contributed by atoms with Gasteiger partial charge in [0.2, 0.25) is 11.8 Å². The predicted octanol–water partition coefficient (Wildman–Crippen LogP) is 6.30. The molecule has 5 rings (SSSR count). The maximum Gasteiger partial charge on any atom is 0.246 e. The number of fused-ring (bicyclic) bond motifs is 1. The second-order valence-electron chi connectivity index (χ2n) is 9.36. The molecule has 1 atom stereocenters. The van der Waals surface area contributed by atoms with Gasteiger partial charge in [-0.2, -0.15) is 4.98 Å². The van der Waals surface area contributed by atoms with Crippen molar-refractivity contribution in [3.05, 3.63) is 83.7 Å². The van der Waals surface area contributed by atoms with Gasteiger partial charge in [0.15, 0.2) is 0 Å². The average Bonchev–Trinajstić information content (AvgIpc) is 2.92. The van der Waals surface area contributed by atoms with E-state index in [0.717, 1.165) is 16.5 Å². The number of methoxy groups -OCH3 is 1. The Balaban J connectivity index is 1.78. The largest absolute Gasteiger partial charge is 0.480 e. The van der Waals surface area contributed by atoms with Crippen molar-refractivity contribution in [2.24, 2.45) is 0 Å². The van der Waals surface area contributed by atoms with Gasteiger partial charge in [0.05, 0.1) is 28.9 Å². The monoisotopic (exact) mass is 530 g/mol. The van der Waals surface area contributed by atoms with Crippen LogP contribution in [0, 0.1) is 12.7 Å². The maximum absolute atomic E-state index is 14.9. The molecule has 3 heterocycles. The molecule has 0 saturated carbocycles. The van der Waals surface area contributed by atoms with E-state index in [2.05, 4.69) is 11.5 Å². The molecule has 1 aliphatic heterocycles. The lowest BCUT2D eigenvalue weighted by atomic mass is 9.98. The summed E-state index contributed by atoms with van der Waals surface area (Å²) in [5, 5.41) is 1.05. The van der Waals surface area contributed by atoms with Crippen LogP contribution < -0.4 is 9.64 Å². The van der Waals surface area contributed by atoms with E-state index in [1.54, 1.807) is 30.2 Å². The van der Waals surface area contributed by atoms with Gasteiger partial charge >= 0.3 is 0 Å². The van der Waals surface area contributed by atoms with E-state index in [1.807, 2.05) is 44.2 Å². The van der Waals surface area contributed by atoms with Crippen LogP contribution in [-0.4, -0.2) is 53.6 Å². The van der Waals surface area contributed by atoms with Crippen molar-refractivity contribution in [3.8, 4) is 28.3 Å². The van der Waals surface area contributed by atoms with Crippen molar-refractivity contribution >= 4 is 34.2 Å². The highest BCUT2D eigenvalue weighted by molar-refractivity contribution is 6.34. The molecule has 6 nitrogen and oxygen atoms in total. The molecule has 38 heavy (non-hydrogen) atoms. The smallest absolute Gasteiger partial charge is 0.246 e. The number of halogens is 2. The lowest BCUT2D eigenvalue weighted by Crippen LogP contribution is -2.53. The first kappa shape index (κ1) is 25.7. The highest BCUT2D eigenvalue weighted by Crippen LogP contribution is 2.43. The fourth-order valence-corrected chi connectivity index (χ4v) is 5.32. The number of aryl methyl sites for hydroxylation is 1. The lowest BCUT2D eigenvalue weighted by molar-refractivity contribution is -0.126. The molecule has 1 saturated heterocycles. The molecular weight excluding hydrogens is 503 g/mol. The summed E-state index contributed by atoms with van der Waals surface area (Å²) in [5.74, 6) is 0.562. The molecule has 0 bridgehead atoms. The van der Waals surface area contributed by atoms with E-state index in [-0.39, 0.29) is 11.9 Å². The summed E-state index contributed by atoms with van der Waals surface area (Å²) in [5.41, 5.74) is 3.93. The number of nitrogens with zero attached hydrogens (tertiary/aromatic N) is 4. The summed E-state index contributed by atoms with van der Waals surface area (Å²) in [4.78, 5) is 26.1. The summed E-state index contributed by atoms with van der Waals surface area (Å²) in [7, 11) is 1.58. The van der Waals surface area contributed by atoms with Gasteiger partial charge in [-0.15, -0.1) is 0 Å². The molecule has 1 unspecified atom stereocenters. The molecule has 2 aromatic carbocycles. The molecule has 1 aliphatic rings. The zero-order valence-electron chi connectivity index (χ0n) is 21.5. The topological polar surface area (TPSA) is 58.6 Å². The van der Waals surface area contributed by atoms with E-state index in [0.29, 0.717) is 58.7 Å². The summed E-state index contributed by atoms with van der Waals surface area (Å²) in [6.07, 6.45) is 1.34. The molecule has 2 aromatic heterocycles. The maximum atomic E-state index is 14.9. The van der Waals surface area contributed by atoms with Crippen molar-refractivity contribution in [2.45, 2.75) is 19.9 Å². The number of hydrogen-bond donors (Lipinski definition) is 0. The Morgan fingerprint density at radius 1 is 1.13 bits per heavy atom. The summed E-state index contributed by atoms with van der Waals surface area (Å²) < 4.78 is 20.7. The van der Waals surface area contributed by atoms with E-state index in [9.17, 15) is 9.18 Å². The zero-order chi connectivity index (χ0) is 27.0. The number of carbonyl (C=O) groups excluding carboxylic acids is 1. The van der Waals surface area contributed by atoms with Crippen LogP contribution in [0.3, 0.4) is 0 Å². The normalized spacial score (nSPS) is 15.6. The molecule has 8 heteroatoms. The van der Waals surface area contributed by atoms with Crippen molar-refractivity contribution in [1.29, 1.82) is 0 Å². The van der Waals surface area contributed by atoms with Crippen molar-refractivity contribution in [2.75, 3.05) is 31.6 Å². The van der Waals surface area contributed by atoms with Gasteiger partial charge in [0.1, 0.15) is 11.6 Å². The number of piperazine rings is 1. The number of ether oxygens (including phenoxy) is 1. The number of amides is 1. The molecule has 4 aromatic rings. The minimum atomic E-state index is -0.406. The first-order valence-corrected chi connectivity index (χ1v) is 12.8. The van der Waals surface area contributed by atoms with Gasteiger partial charge in [0, 0.05) is 36.6 Å². The molecule has 1 fully saturated rings. The van der Waals surface area contributed by atoms with Crippen LogP contribution in [0.1, 0.15) is 12.5 Å². The molecule has 0 radical (unpaired) electrons. The Morgan fingerprint density at radius 3 is 2.50 bits per heavy atom. The zero-order valence-corrected chi connectivity index (χ0v) is 22.3. The summed E-state index contributed by atoms with van der Waals surface area (Å²) in [6, 6.07) is 16.1. The van der Waals surface area contributed by atoms with Crippen LogP contribution in [0.15, 0.2) is 67.3 Å². The van der Waals surface area contributed by atoms with E-state index >= 15 is 0 Å². The van der Waals surface area contributed by atoms with Gasteiger partial charge in [-0.25, -0.2) is 9.37 Å². The number of pyridine rings is 2. The number of aromatic nitrogens is 2. The van der Waals surface area contributed by atoms with Gasteiger partial charge in [0.25, 0.3) is 0 Å². The molecule has 0 spiro atoms. The van der Waals surface area contributed by atoms with E-state index < -0.39 is 5.82 Å². The quantitative estimate of drug-likeness (QED) is 0.284.